The van der Waals surface area contributed by atoms with Crippen LogP contribution in [0.1, 0.15) is 104 Å². The van der Waals surface area contributed by atoms with Gasteiger partial charge in [-0.25, -0.2) is 4.39 Å². The van der Waals surface area contributed by atoms with Crippen LogP contribution in [0.15, 0.2) is 0 Å². The van der Waals surface area contributed by atoms with Crippen molar-refractivity contribution in [2.75, 3.05) is 13.2 Å². The van der Waals surface area contributed by atoms with Crippen LogP contribution in [0.5, 0.6) is 0 Å². The SMILES string of the molecule is CCCCCCCCCCCCCOC(=O)C(CC)(CC)C(=O)OCC(F)(F)C(F)C(F)(F)F. The van der Waals surface area contributed by atoms with Gasteiger partial charge in [-0.15, -0.1) is 0 Å². The zero-order valence-corrected chi connectivity index (χ0v) is 20.6. The van der Waals surface area contributed by atoms with Gasteiger partial charge in [0.05, 0.1) is 6.61 Å². The van der Waals surface area contributed by atoms with E-state index in [4.69, 9.17) is 4.74 Å². The smallest absolute Gasteiger partial charge is 0.425 e. The Kier molecular flexibility index (Phi) is 15.5. The van der Waals surface area contributed by atoms with E-state index in [1.807, 2.05) is 0 Å². The van der Waals surface area contributed by atoms with E-state index in [1.54, 1.807) is 0 Å². The summed E-state index contributed by atoms with van der Waals surface area (Å²) >= 11 is 0. The molecule has 0 aliphatic heterocycles. The Bertz CT molecular complexity index is 576. The monoisotopic (exact) mass is 506 g/mol. The molecule has 0 saturated heterocycles. The topological polar surface area (TPSA) is 52.6 Å². The summed E-state index contributed by atoms with van der Waals surface area (Å²) in [5, 5.41) is 0. The first-order chi connectivity index (χ1) is 15.9. The maximum Gasteiger partial charge on any atom is 0.425 e. The minimum atomic E-state index is -5.81. The molecule has 0 heterocycles. The second-order valence-electron chi connectivity index (χ2n) is 8.70. The van der Waals surface area contributed by atoms with Crippen LogP contribution in [0.4, 0.5) is 26.3 Å². The van der Waals surface area contributed by atoms with Gasteiger partial charge >= 0.3 is 24.0 Å². The number of alkyl halides is 6. The molecule has 10 heteroatoms. The van der Waals surface area contributed by atoms with Crippen LogP contribution in [0.3, 0.4) is 0 Å². The molecule has 1 unspecified atom stereocenters. The van der Waals surface area contributed by atoms with E-state index >= 15 is 0 Å². The summed E-state index contributed by atoms with van der Waals surface area (Å²) in [6.45, 7) is 2.95. The number of carbonyl (C=O) groups excluding carboxylic acids is 2. The summed E-state index contributed by atoms with van der Waals surface area (Å²) in [7, 11) is 0. The van der Waals surface area contributed by atoms with Gasteiger partial charge in [0.15, 0.2) is 12.0 Å². The van der Waals surface area contributed by atoms with Gasteiger partial charge < -0.3 is 9.47 Å². The van der Waals surface area contributed by atoms with Gasteiger partial charge in [0.1, 0.15) is 0 Å². The number of carbonyl (C=O) groups is 2. The van der Waals surface area contributed by atoms with Crippen LogP contribution in [0.2, 0.25) is 0 Å². The first kappa shape index (κ1) is 32.5. The zero-order chi connectivity index (χ0) is 26.3. The van der Waals surface area contributed by atoms with Crippen molar-refractivity contribution in [3.8, 4) is 0 Å². The highest BCUT2D eigenvalue weighted by Crippen LogP contribution is 2.36. The summed E-state index contributed by atoms with van der Waals surface area (Å²) in [6.07, 6.45) is 1.41. The van der Waals surface area contributed by atoms with Crippen molar-refractivity contribution in [1.29, 1.82) is 0 Å². The van der Waals surface area contributed by atoms with E-state index < -0.39 is 42.2 Å². The molecule has 0 radical (unpaired) electrons. The van der Waals surface area contributed by atoms with Gasteiger partial charge in [-0.3, -0.25) is 9.59 Å². The molecule has 0 spiro atoms. The molecule has 4 nitrogen and oxygen atoms in total. The van der Waals surface area contributed by atoms with E-state index in [0.29, 0.717) is 6.42 Å². The predicted molar refractivity (Wildman–Crippen MR) is 117 cm³/mol. The Balaban J connectivity index is 4.43. The molecule has 0 aliphatic carbocycles. The molecule has 0 aromatic carbocycles. The van der Waals surface area contributed by atoms with E-state index in [9.17, 15) is 35.9 Å². The first-order valence-electron chi connectivity index (χ1n) is 12.3. The predicted octanol–water partition coefficient (Wildman–Crippen LogP) is 7.73. The quantitative estimate of drug-likeness (QED) is 0.0779. The van der Waals surface area contributed by atoms with Crippen LogP contribution >= 0.6 is 0 Å². The zero-order valence-electron chi connectivity index (χ0n) is 20.6. The maximum absolute atomic E-state index is 13.5. The van der Waals surface area contributed by atoms with Crippen LogP contribution in [-0.2, 0) is 19.1 Å². The molecule has 0 saturated carbocycles. The first-order valence-corrected chi connectivity index (χ1v) is 12.3. The highest BCUT2D eigenvalue weighted by Gasteiger charge is 2.58. The Morgan fingerprint density at radius 1 is 0.676 bits per heavy atom. The van der Waals surface area contributed by atoms with Crippen molar-refractivity contribution in [2.45, 2.75) is 123 Å². The highest BCUT2D eigenvalue weighted by atomic mass is 19.4. The summed E-state index contributed by atoms with van der Waals surface area (Å²) in [5.41, 5.74) is -1.93. The number of unbranched alkanes of at least 4 members (excludes halogenated alkanes) is 10. The van der Waals surface area contributed by atoms with Crippen molar-refractivity contribution in [3.05, 3.63) is 0 Å². The Morgan fingerprint density at radius 3 is 1.50 bits per heavy atom. The van der Waals surface area contributed by atoms with E-state index in [-0.39, 0.29) is 19.4 Å². The summed E-state index contributed by atoms with van der Waals surface area (Å²) in [4.78, 5) is 24.8. The number of esters is 2. The molecular weight excluding hydrogens is 466 g/mol. The van der Waals surface area contributed by atoms with Gasteiger partial charge in [0.25, 0.3) is 6.17 Å². The summed E-state index contributed by atoms with van der Waals surface area (Å²) < 4.78 is 86.0. The second-order valence-corrected chi connectivity index (χ2v) is 8.70. The van der Waals surface area contributed by atoms with Crippen molar-refractivity contribution in [2.24, 2.45) is 5.41 Å². The molecule has 1 atom stereocenters. The molecule has 0 fully saturated rings. The maximum atomic E-state index is 13.5. The highest BCUT2D eigenvalue weighted by molar-refractivity contribution is 6.00. The van der Waals surface area contributed by atoms with E-state index in [1.165, 1.54) is 52.4 Å². The van der Waals surface area contributed by atoms with Crippen LogP contribution in [0.25, 0.3) is 0 Å². The molecule has 0 aromatic rings. The summed E-state index contributed by atoms with van der Waals surface area (Å²) in [5.74, 6) is -7.40. The van der Waals surface area contributed by atoms with E-state index in [0.717, 1.165) is 25.7 Å². The fourth-order valence-electron chi connectivity index (χ4n) is 3.59. The molecule has 0 rings (SSSR count). The summed E-state index contributed by atoms with van der Waals surface area (Å²) in [6, 6.07) is 0. The van der Waals surface area contributed by atoms with Gasteiger partial charge in [0.2, 0.25) is 0 Å². The number of hydrogen-bond donors (Lipinski definition) is 0. The lowest BCUT2D eigenvalue weighted by atomic mass is 9.82. The van der Waals surface area contributed by atoms with E-state index in [2.05, 4.69) is 11.7 Å². The van der Waals surface area contributed by atoms with Crippen LogP contribution in [-0.4, -0.2) is 43.4 Å². The normalized spacial score (nSPS) is 13.6. The lowest BCUT2D eigenvalue weighted by Crippen LogP contribution is -2.47. The number of rotatable bonds is 19. The third kappa shape index (κ3) is 11.3. The van der Waals surface area contributed by atoms with Crippen LogP contribution < -0.4 is 0 Å². The molecule has 0 aliphatic rings. The van der Waals surface area contributed by atoms with Crippen molar-refractivity contribution < 1.29 is 45.4 Å². The van der Waals surface area contributed by atoms with Gasteiger partial charge in [-0.05, 0) is 19.3 Å². The average molecular weight is 507 g/mol. The number of ether oxygens (including phenoxy) is 2. The average Bonchev–Trinajstić information content (AvgIpc) is 2.78. The molecule has 202 valence electrons. The van der Waals surface area contributed by atoms with Crippen molar-refractivity contribution in [1.82, 2.24) is 0 Å². The largest absolute Gasteiger partial charge is 0.465 e. The second kappa shape index (κ2) is 16.2. The molecule has 0 amide bonds. The fourth-order valence-corrected chi connectivity index (χ4v) is 3.59. The van der Waals surface area contributed by atoms with Gasteiger partial charge in [-0.2, -0.15) is 22.0 Å². The molecule has 0 N–H and O–H groups in total. The lowest BCUT2D eigenvalue weighted by molar-refractivity contribution is -0.255. The van der Waals surface area contributed by atoms with Crippen molar-refractivity contribution in [3.63, 3.8) is 0 Å². The van der Waals surface area contributed by atoms with Crippen molar-refractivity contribution >= 4 is 11.9 Å². The molecular formula is C24H40F6O4. The molecule has 0 aromatic heterocycles. The number of hydrogen-bond acceptors (Lipinski definition) is 4. The van der Waals surface area contributed by atoms with Gasteiger partial charge in [0, 0.05) is 0 Å². The Morgan fingerprint density at radius 2 is 1.09 bits per heavy atom. The molecule has 34 heavy (non-hydrogen) atoms. The standard InChI is InChI=1S/C24H40F6O4/c1-4-7-8-9-10-11-12-13-14-15-16-17-33-20(31)22(5-2,6-3)21(32)34-18-23(26,27)19(25)24(28,29)30/h19H,4-18H2,1-3H3. The minimum Gasteiger partial charge on any atom is -0.465 e. The number of halogens is 6. The Labute approximate surface area is 199 Å². The fraction of sp³-hybridized carbons (Fsp3) is 0.917. The van der Waals surface area contributed by atoms with Gasteiger partial charge in [-0.1, -0.05) is 85.0 Å². The Hall–Kier alpha value is -1.48. The van der Waals surface area contributed by atoms with Crippen LogP contribution in [0, 0.1) is 5.41 Å². The molecule has 0 bridgehead atoms. The minimum absolute atomic E-state index is 0.0294. The lowest BCUT2D eigenvalue weighted by Gasteiger charge is -2.28. The third-order valence-electron chi connectivity index (χ3n) is 6.02. The third-order valence-corrected chi connectivity index (χ3v) is 6.02.